The van der Waals surface area contributed by atoms with E-state index in [9.17, 15) is 0 Å². The third-order valence-electron chi connectivity index (χ3n) is 5.92. The van der Waals surface area contributed by atoms with Crippen LogP contribution in [0.2, 0.25) is 0 Å². The molecule has 0 amide bonds. The molecule has 4 fully saturated rings. The van der Waals surface area contributed by atoms with Gasteiger partial charge in [0.2, 0.25) is 0 Å². The van der Waals surface area contributed by atoms with Gasteiger partial charge in [0, 0.05) is 0 Å². The highest BCUT2D eigenvalue weighted by Crippen LogP contribution is 2.41. The smallest absolute Gasteiger partial charge is 0.187 e. The quantitative estimate of drug-likeness (QED) is 0.681. The van der Waals surface area contributed by atoms with E-state index in [1.54, 1.807) is 0 Å². The van der Waals surface area contributed by atoms with Crippen LogP contribution in [0.15, 0.2) is 0 Å². The fourth-order valence-electron chi connectivity index (χ4n) is 4.46. The van der Waals surface area contributed by atoms with Crippen molar-refractivity contribution in [3.05, 3.63) is 0 Å². The second-order valence-corrected chi connectivity index (χ2v) is 7.70. The summed E-state index contributed by atoms with van der Waals surface area (Å²) in [4.78, 5) is 0. The summed E-state index contributed by atoms with van der Waals surface area (Å²) in [5.41, 5.74) is 0. The Kier molecular flexibility index (Phi) is 4.52. The molecule has 0 radical (unpaired) electrons. The van der Waals surface area contributed by atoms with Gasteiger partial charge < -0.3 is 14.2 Å². The Hall–Kier alpha value is -0.120. The zero-order valence-electron chi connectivity index (χ0n) is 13.2. The molecule has 0 aromatic heterocycles. The first-order valence-electron chi connectivity index (χ1n) is 9.35. The first-order valence-corrected chi connectivity index (χ1v) is 9.35. The maximum absolute atomic E-state index is 5.94. The van der Waals surface area contributed by atoms with Crippen LogP contribution in [0.3, 0.4) is 0 Å². The van der Waals surface area contributed by atoms with Gasteiger partial charge >= 0.3 is 0 Å². The van der Waals surface area contributed by atoms with Gasteiger partial charge in [0.25, 0.3) is 0 Å². The molecule has 0 aromatic carbocycles. The SMILES string of the molecule is C1CCC(CC2OC2OC2OC2CC2CCCCC2)CC1. The van der Waals surface area contributed by atoms with Crippen molar-refractivity contribution in [2.45, 2.75) is 102 Å². The van der Waals surface area contributed by atoms with Crippen LogP contribution in [-0.4, -0.2) is 24.8 Å². The van der Waals surface area contributed by atoms with Gasteiger partial charge in [-0.15, -0.1) is 0 Å². The minimum atomic E-state index is 0.0493. The maximum Gasteiger partial charge on any atom is 0.187 e. The Balaban J connectivity index is 1.11. The molecule has 3 nitrogen and oxygen atoms in total. The lowest BCUT2D eigenvalue weighted by molar-refractivity contribution is -0.0104. The molecule has 120 valence electrons. The summed E-state index contributed by atoms with van der Waals surface area (Å²) in [6, 6.07) is 0. The molecule has 2 saturated heterocycles. The standard InChI is InChI=1S/C18H30O3/c1-3-7-13(8-4-1)11-15-17(19-15)21-18-16(20-18)12-14-9-5-2-6-10-14/h13-18H,1-12H2. The number of epoxide rings is 2. The molecule has 0 spiro atoms. The van der Waals surface area contributed by atoms with Gasteiger partial charge in [0.1, 0.15) is 12.2 Å². The molecule has 4 aliphatic rings. The normalized spacial score (nSPS) is 41.1. The van der Waals surface area contributed by atoms with Crippen LogP contribution < -0.4 is 0 Å². The van der Waals surface area contributed by atoms with Crippen LogP contribution >= 0.6 is 0 Å². The fraction of sp³-hybridized carbons (Fsp3) is 1.00. The van der Waals surface area contributed by atoms with Gasteiger partial charge in [-0.25, -0.2) is 0 Å². The number of hydrogen-bond acceptors (Lipinski definition) is 3. The average Bonchev–Trinajstić information content (AvgIpc) is 3.42. The van der Waals surface area contributed by atoms with Crippen molar-refractivity contribution in [2.24, 2.45) is 11.8 Å². The highest BCUT2D eigenvalue weighted by molar-refractivity contribution is 4.87. The molecule has 4 rings (SSSR count). The van der Waals surface area contributed by atoms with Gasteiger partial charge in [-0.3, -0.25) is 0 Å². The lowest BCUT2D eigenvalue weighted by Crippen LogP contribution is -2.14. The van der Waals surface area contributed by atoms with E-state index < -0.39 is 0 Å². The Labute approximate surface area is 128 Å². The number of hydrogen-bond donors (Lipinski definition) is 0. The molecule has 3 heteroatoms. The lowest BCUT2D eigenvalue weighted by Gasteiger charge is -2.20. The Morgan fingerprint density at radius 3 is 1.48 bits per heavy atom. The number of ether oxygens (including phenoxy) is 3. The van der Waals surface area contributed by atoms with Crippen molar-refractivity contribution in [1.29, 1.82) is 0 Å². The van der Waals surface area contributed by atoms with Crippen LogP contribution in [0.5, 0.6) is 0 Å². The van der Waals surface area contributed by atoms with Gasteiger partial charge in [0.05, 0.1) is 0 Å². The first-order chi connectivity index (χ1) is 10.4. The van der Waals surface area contributed by atoms with Crippen molar-refractivity contribution in [3.63, 3.8) is 0 Å². The minimum absolute atomic E-state index is 0.0493. The van der Waals surface area contributed by atoms with Crippen LogP contribution in [-0.2, 0) is 14.2 Å². The highest BCUT2D eigenvalue weighted by atomic mass is 16.9. The van der Waals surface area contributed by atoms with E-state index in [1.807, 2.05) is 0 Å². The van der Waals surface area contributed by atoms with Gasteiger partial charge in [-0.2, -0.15) is 0 Å². The third kappa shape index (κ3) is 4.00. The molecule has 0 bridgehead atoms. The zero-order chi connectivity index (χ0) is 14.1. The van der Waals surface area contributed by atoms with Crippen LogP contribution in [0, 0.1) is 11.8 Å². The third-order valence-corrected chi connectivity index (χ3v) is 5.92. The van der Waals surface area contributed by atoms with Crippen molar-refractivity contribution < 1.29 is 14.2 Å². The average molecular weight is 294 g/mol. The number of rotatable bonds is 6. The second kappa shape index (κ2) is 6.55. The minimum Gasteiger partial charge on any atom is -0.341 e. The Morgan fingerprint density at radius 2 is 1.05 bits per heavy atom. The molecular formula is C18H30O3. The van der Waals surface area contributed by atoms with E-state index in [4.69, 9.17) is 14.2 Å². The summed E-state index contributed by atoms with van der Waals surface area (Å²) < 4.78 is 17.3. The monoisotopic (exact) mass is 294 g/mol. The van der Waals surface area contributed by atoms with Crippen molar-refractivity contribution in [2.75, 3.05) is 0 Å². The molecule has 2 aliphatic carbocycles. The molecular weight excluding hydrogens is 264 g/mol. The molecule has 2 saturated carbocycles. The maximum atomic E-state index is 5.94. The van der Waals surface area contributed by atoms with E-state index in [2.05, 4.69) is 0 Å². The highest BCUT2D eigenvalue weighted by Gasteiger charge is 2.50. The molecule has 2 heterocycles. The molecule has 2 aliphatic heterocycles. The molecule has 0 N–H and O–H groups in total. The lowest BCUT2D eigenvalue weighted by atomic mass is 9.86. The van der Waals surface area contributed by atoms with Gasteiger partial charge in [0.15, 0.2) is 12.6 Å². The fourth-order valence-corrected chi connectivity index (χ4v) is 4.46. The van der Waals surface area contributed by atoms with Crippen molar-refractivity contribution in [1.82, 2.24) is 0 Å². The predicted molar refractivity (Wildman–Crippen MR) is 80.8 cm³/mol. The van der Waals surface area contributed by atoms with Crippen LogP contribution in [0.25, 0.3) is 0 Å². The van der Waals surface area contributed by atoms with Gasteiger partial charge in [-0.05, 0) is 24.7 Å². The topological polar surface area (TPSA) is 34.3 Å². The summed E-state index contributed by atoms with van der Waals surface area (Å²) in [6.45, 7) is 0. The van der Waals surface area contributed by atoms with Crippen molar-refractivity contribution >= 4 is 0 Å². The van der Waals surface area contributed by atoms with E-state index in [-0.39, 0.29) is 12.6 Å². The second-order valence-electron chi connectivity index (χ2n) is 7.70. The zero-order valence-corrected chi connectivity index (χ0v) is 13.2. The molecule has 4 unspecified atom stereocenters. The predicted octanol–water partition coefficient (Wildman–Crippen LogP) is 4.39. The Bertz CT molecular complexity index is 301. The van der Waals surface area contributed by atoms with Gasteiger partial charge in [-0.1, -0.05) is 64.2 Å². The summed E-state index contributed by atoms with van der Waals surface area (Å²) in [5.74, 6) is 1.77. The first kappa shape index (κ1) is 14.5. The molecule has 4 atom stereocenters. The molecule has 21 heavy (non-hydrogen) atoms. The Morgan fingerprint density at radius 1 is 0.619 bits per heavy atom. The summed E-state index contributed by atoms with van der Waals surface area (Å²) in [6.07, 6.45) is 17.4. The van der Waals surface area contributed by atoms with E-state index in [0.717, 1.165) is 11.8 Å². The summed E-state index contributed by atoms with van der Waals surface area (Å²) in [7, 11) is 0. The van der Waals surface area contributed by atoms with Crippen molar-refractivity contribution in [3.8, 4) is 0 Å². The van der Waals surface area contributed by atoms with E-state index >= 15 is 0 Å². The van der Waals surface area contributed by atoms with Crippen LogP contribution in [0.1, 0.15) is 77.0 Å². The van der Waals surface area contributed by atoms with E-state index in [1.165, 1.54) is 77.0 Å². The summed E-state index contributed by atoms with van der Waals surface area (Å²) in [5, 5.41) is 0. The summed E-state index contributed by atoms with van der Waals surface area (Å²) >= 11 is 0. The largest absolute Gasteiger partial charge is 0.341 e. The van der Waals surface area contributed by atoms with E-state index in [0.29, 0.717) is 12.2 Å². The van der Waals surface area contributed by atoms with Crippen LogP contribution in [0.4, 0.5) is 0 Å². The molecule has 0 aromatic rings.